The van der Waals surface area contributed by atoms with Crippen molar-refractivity contribution in [1.82, 2.24) is 20.3 Å². The third kappa shape index (κ3) is 5.64. The van der Waals surface area contributed by atoms with Gasteiger partial charge in [0, 0.05) is 0 Å². The first-order valence-electron chi connectivity index (χ1n) is 6.70. The van der Waals surface area contributed by atoms with Gasteiger partial charge in [0.2, 0.25) is 0 Å². The number of nitrogens with zero attached hydrogens (tertiary/aromatic N) is 4. The summed E-state index contributed by atoms with van der Waals surface area (Å²) in [7, 11) is 0. The summed E-state index contributed by atoms with van der Waals surface area (Å²) in [6.07, 6.45) is -2.17. The highest BCUT2D eigenvalue weighted by molar-refractivity contribution is 5.73. The normalized spacial score (nSPS) is 17.6. The lowest BCUT2D eigenvalue weighted by Gasteiger charge is -2.31. The molecule has 1 aliphatic heterocycles. The molecule has 1 heterocycles. The summed E-state index contributed by atoms with van der Waals surface area (Å²) in [5.41, 5.74) is 0. The van der Waals surface area contributed by atoms with Crippen molar-refractivity contribution < 1.29 is 49.5 Å². The van der Waals surface area contributed by atoms with E-state index < -0.39 is 68.6 Å². The van der Waals surface area contributed by atoms with Gasteiger partial charge in [0.25, 0.3) is 0 Å². The van der Waals surface area contributed by atoms with E-state index in [0.717, 1.165) is 10.0 Å². The molecule has 0 saturated carbocycles. The summed E-state index contributed by atoms with van der Waals surface area (Å²) in [5, 5.41) is 47.9. The molecule has 0 aromatic rings. The Balaban J connectivity index is 3.34. The lowest BCUT2D eigenvalue weighted by atomic mass is 10.3. The summed E-state index contributed by atoms with van der Waals surface area (Å²) in [6, 6.07) is 0. The summed E-state index contributed by atoms with van der Waals surface area (Å²) in [6.45, 7) is -3.52. The first kappa shape index (κ1) is 20.2. The highest BCUT2D eigenvalue weighted by Crippen LogP contribution is 2.26. The average molecular weight is 364 g/mol. The molecule has 1 rings (SSSR count). The Bertz CT molecular complexity index is 455. The first-order chi connectivity index (χ1) is 11.5. The number of hydrazine groups is 3. The van der Waals surface area contributed by atoms with Crippen LogP contribution in [-0.2, 0) is 24.0 Å². The molecular formula is C11H16N4O10. The summed E-state index contributed by atoms with van der Waals surface area (Å²) >= 11 is 0. The van der Waals surface area contributed by atoms with Crippen LogP contribution in [0, 0.1) is 0 Å². The zero-order valence-electron chi connectivity index (χ0n) is 12.7. The lowest BCUT2D eigenvalue weighted by molar-refractivity contribution is -0.199. The lowest BCUT2D eigenvalue weighted by Crippen LogP contribution is -2.53. The molecule has 14 nitrogen and oxygen atoms in total. The maximum Gasteiger partial charge on any atom is 0.320 e. The zero-order valence-corrected chi connectivity index (χ0v) is 12.7. The minimum Gasteiger partial charge on any atom is -0.481 e. The van der Waals surface area contributed by atoms with Crippen LogP contribution >= 0.6 is 0 Å². The zero-order chi connectivity index (χ0) is 19.3. The van der Waals surface area contributed by atoms with Crippen molar-refractivity contribution in [3.05, 3.63) is 0 Å². The van der Waals surface area contributed by atoms with Crippen LogP contribution in [-0.4, -0.2) is 108 Å². The Hall–Kier alpha value is -2.81. The molecule has 140 valence electrons. The van der Waals surface area contributed by atoms with Crippen LogP contribution in [0.3, 0.4) is 0 Å². The van der Waals surface area contributed by atoms with Gasteiger partial charge in [0.15, 0.2) is 0 Å². The molecule has 0 bridgehead atoms. The molecule has 0 aliphatic carbocycles. The topological polar surface area (TPSA) is 199 Å². The SMILES string of the molecule is O=C(O)CC1N(CC(=O)O)N(CC(=O)O)N(CC(=O)O)N1CC(=O)O. The predicted molar refractivity (Wildman–Crippen MR) is 73.4 cm³/mol. The van der Waals surface area contributed by atoms with Crippen molar-refractivity contribution in [3.63, 3.8) is 0 Å². The third-order valence-corrected chi connectivity index (χ3v) is 3.05. The second-order valence-corrected chi connectivity index (χ2v) is 4.91. The van der Waals surface area contributed by atoms with Crippen molar-refractivity contribution >= 4 is 29.8 Å². The quantitative estimate of drug-likeness (QED) is 0.264. The second kappa shape index (κ2) is 8.34. The highest BCUT2D eigenvalue weighted by atomic mass is 16.4. The fraction of sp³-hybridized carbons (Fsp3) is 0.545. The van der Waals surface area contributed by atoms with Gasteiger partial charge < -0.3 is 25.5 Å². The van der Waals surface area contributed by atoms with E-state index >= 15 is 0 Å². The number of carboxylic acids is 5. The molecule has 0 amide bonds. The molecule has 0 unspecified atom stereocenters. The van der Waals surface area contributed by atoms with E-state index in [1.165, 1.54) is 0 Å². The molecule has 1 saturated heterocycles. The first-order valence-corrected chi connectivity index (χ1v) is 6.70. The fourth-order valence-corrected chi connectivity index (χ4v) is 2.33. The molecule has 25 heavy (non-hydrogen) atoms. The number of carboxylic acid groups (broad SMARTS) is 5. The molecule has 5 N–H and O–H groups in total. The van der Waals surface area contributed by atoms with Gasteiger partial charge in [-0.25, -0.2) is 0 Å². The van der Waals surface area contributed by atoms with Gasteiger partial charge in [0.05, 0.1) is 6.42 Å². The van der Waals surface area contributed by atoms with Crippen LogP contribution < -0.4 is 0 Å². The fourth-order valence-electron chi connectivity index (χ4n) is 2.33. The molecule has 14 heteroatoms. The molecule has 0 radical (unpaired) electrons. The van der Waals surface area contributed by atoms with E-state index in [-0.39, 0.29) is 0 Å². The average Bonchev–Trinajstić information content (AvgIpc) is 2.63. The Kier molecular flexibility index (Phi) is 6.75. The van der Waals surface area contributed by atoms with Crippen LogP contribution in [0.2, 0.25) is 0 Å². The smallest absolute Gasteiger partial charge is 0.320 e. The van der Waals surface area contributed by atoms with Crippen LogP contribution in [0.5, 0.6) is 0 Å². The van der Waals surface area contributed by atoms with Gasteiger partial charge in [-0.15, -0.1) is 10.2 Å². The maximum absolute atomic E-state index is 11.1. The Morgan fingerprint density at radius 3 is 1.12 bits per heavy atom. The molecular weight excluding hydrogens is 348 g/mol. The predicted octanol–water partition coefficient (Wildman–Crippen LogP) is -2.91. The summed E-state index contributed by atoms with van der Waals surface area (Å²) in [4.78, 5) is 55.2. The van der Waals surface area contributed by atoms with Crippen LogP contribution in [0.4, 0.5) is 0 Å². The van der Waals surface area contributed by atoms with Gasteiger partial charge in [-0.05, 0) is 0 Å². The Morgan fingerprint density at radius 1 is 0.560 bits per heavy atom. The summed E-state index contributed by atoms with van der Waals surface area (Å²) in [5.74, 6) is -7.23. The van der Waals surface area contributed by atoms with Crippen molar-refractivity contribution in [2.45, 2.75) is 12.6 Å². The van der Waals surface area contributed by atoms with Crippen LogP contribution in [0.15, 0.2) is 0 Å². The minimum absolute atomic E-state index is 0.696. The summed E-state index contributed by atoms with van der Waals surface area (Å²) < 4.78 is 0. The standard InChI is InChI=1S/C11H16N4O10/c16-7(17)1-6-12(2-8(18)19)14(4-10(22)23)15(5-11(24)25)13(6)3-9(20)21/h6H,1-5H2,(H,16,17)(H,18,19)(H,20,21)(H,22,23)(H,24,25). The molecule has 1 fully saturated rings. The van der Waals surface area contributed by atoms with E-state index in [0.29, 0.717) is 10.2 Å². The van der Waals surface area contributed by atoms with Crippen molar-refractivity contribution in [3.8, 4) is 0 Å². The van der Waals surface area contributed by atoms with Gasteiger partial charge >= 0.3 is 29.8 Å². The molecule has 0 aromatic heterocycles. The molecule has 0 aromatic carbocycles. The Labute approximate surface area is 139 Å². The van der Waals surface area contributed by atoms with Crippen molar-refractivity contribution in [2.24, 2.45) is 0 Å². The van der Waals surface area contributed by atoms with E-state index in [1.54, 1.807) is 0 Å². The number of hydrogen-bond acceptors (Lipinski definition) is 9. The minimum atomic E-state index is -1.46. The van der Waals surface area contributed by atoms with E-state index in [2.05, 4.69) is 0 Å². The van der Waals surface area contributed by atoms with E-state index in [9.17, 15) is 24.0 Å². The van der Waals surface area contributed by atoms with Gasteiger partial charge in [-0.2, -0.15) is 10.0 Å². The largest absolute Gasteiger partial charge is 0.481 e. The highest BCUT2D eigenvalue weighted by Gasteiger charge is 2.48. The van der Waals surface area contributed by atoms with E-state index in [1.807, 2.05) is 0 Å². The number of hydrogen-bond donors (Lipinski definition) is 5. The van der Waals surface area contributed by atoms with Crippen molar-refractivity contribution in [1.29, 1.82) is 0 Å². The number of rotatable bonds is 10. The van der Waals surface area contributed by atoms with Crippen LogP contribution in [0.1, 0.15) is 6.42 Å². The van der Waals surface area contributed by atoms with Gasteiger partial charge in [-0.3, -0.25) is 24.0 Å². The Morgan fingerprint density at radius 2 is 0.880 bits per heavy atom. The number of aliphatic carboxylic acids is 5. The number of carbonyl (C=O) groups is 5. The van der Waals surface area contributed by atoms with Crippen LogP contribution in [0.25, 0.3) is 0 Å². The second-order valence-electron chi connectivity index (χ2n) is 4.91. The van der Waals surface area contributed by atoms with Gasteiger partial charge in [0.1, 0.15) is 32.3 Å². The third-order valence-electron chi connectivity index (χ3n) is 3.05. The molecule has 0 spiro atoms. The van der Waals surface area contributed by atoms with Gasteiger partial charge in [-0.1, -0.05) is 0 Å². The van der Waals surface area contributed by atoms with E-state index in [4.69, 9.17) is 25.5 Å². The monoisotopic (exact) mass is 364 g/mol. The molecule has 0 atom stereocenters. The molecule has 1 aliphatic rings. The maximum atomic E-state index is 11.1. The van der Waals surface area contributed by atoms with Crippen molar-refractivity contribution in [2.75, 3.05) is 26.2 Å².